The summed E-state index contributed by atoms with van der Waals surface area (Å²) in [6.45, 7) is 1.80. The van der Waals surface area contributed by atoms with E-state index in [1.165, 1.54) is 0 Å². The SMILES string of the molecule is CC(N)c1nc(Cc2ccccn2)no1. The summed E-state index contributed by atoms with van der Waals surface area (Å²) in [6.07, 6.45) is 2.30. The van der Waals surface area contributed by atoms with Crippen LogP contribution in [-0.2, 0) is 6.42 Å². The Morgan fingerprint density at radius 1 is 1.47 bits per heavy atom. The van der Waals surface area contributed by atoms with Gasteiger partial charge in [-0.1, -0.05) is 11.2 Å². The molecule has 0 amide bonds. The third kappa shape index (κ3) is 2.38. The van der Waals surface area contributed by atoms with Gasteiger partial charge in [0.15, 0.2) is 5.82 Å². The Hall–Kier alpha value is -1.75. The normalized spacial score (nSPS) is 12.7. The fourth-order valence-corrected chi connectivity index (χ4v) is 1.19. The zero-order valence-corrected chi connectivity index (χ0v) is 8.42. The summed E-state index contributed by atoms with van der Waals surface area (Å²) in [6, 6.07) is 5.49. The van der Waals surface area contributed by atoms with E-state index in [1.54, 1.807) is 13.1 Å². The molecule has 0 saturated carbocycles. The summed E-state index contributed by atoms with van der Waals surface area (Å²) in [7, 11) is 0. The van der Waals surface area contributed by atoms with E-state index < -0.39 is 0 Å². The van der Waals surface area contributed by atoms with Gasteiger partial charge < -0.3 is 10.3 Å². The van der Waals surface area contributed by atoms with E-state index in [1.807, 2.05) is 18.2 Å². The molecule has 2 N–H and O–H groups in total. The molecule has 0 aliphatic heterocycles. The number of nitrogens with two attached hydrogens (primary N) is 1. The largest absolute Gasteiger partial charge is 0.338 e. The first-order valence-electron chi connectivity index (χ1n) is 4.73. The average molecular weight is 204 g/mol. The smallest absolute Gasteiger partial charge is 0.243 e. The molecule has 1 unspecified atom stereocenters. The molecule has 0 radical (unpaired) electrons. The van der Waals surface area contributed by atoms with Crippen LogP contribution < -0.4 is 5.73 Å². The molecule has 2 aromatic rings. The Morgan fingerprint density at radius 2 is 2.33 bits per heavy atom. The Kier molecular flexibility index (Phi) is 2.73. The molecule has 0 spiro atoms. The van der Waals surface area contributed by atoms with Gasteiger partial charge in [-0.3, -0.25) is 4.98 Å². The van der Waals surface area contributed by atoms with E-state index in [2.05, 4.69) is 15.1 Å². The van der Waals surface area contributed by atoms with Gasteiger partial charge in [-0.15, -0.1) is 0 Å². The van der Waals surface area contributed by atoms with Crippen LogP contribution in [0.1, 0.15) is 30.4 Å². The highest BCUT2D eigenvalue weighted by molar-refractivity contribution is 5.09. The monoisotopic (exact) mass is 204 g/mol. The van der Waals surface area contributed by atoms with Gasteiger partial charge in [-0.2, -0.15) is 4.98 Å². The molecule has 2 rings (SSSR count). The highest BCUT2D eigenvalue weighted by atomic mass is 16.5. The first-order chi connectivity index (χ1) is 7.25. The van der Waals surface area contributed by atoms with Gasteiger partial charge in [0.2, 0.25) is 5.89 Å². The van der Waals surface area contributed by atoms with Crippen LogP contribution in [0.5, 0.6) is 0 Å². The van der Waals surface area contributed by atoms with E-state index in [0.717, 1.165) is 5.69 Å². The molecule has 0 fully saturated rings. The van der Waals surface area contributed by atoms with Crippen molar-refractivity contribution in [3.63, 3.8) is 0 Å². The summed E-state index contributed by atoms with van der Waals surface area (Å²) in [5.74, 6) is 1.07. The second-order valence-electron chi connectivity index (χ2n) is 3.34. The van der Waals surface area contributed by atoms with E-state index >= 15 is 0 Å². The number of aromatic nitrogens is 3. The van der Waals surface area contributed by atoms with Crippen molar-refractivity contribution in [3.8, 4) is 0 Å². The van der Waals surface area contributed by atoms with Crippen LogP contribution in [0.25, 0.3) is 0 Å². The quantitative estimate of drug-likeness (QED) is 0.809. The molecule has 0 bridgehead atoms. The zero-order valence-electron chi connectivity index (χ0n) is 8.42. The van der Waals surface area contributed by atoms with Crippen LogP contribution in [0.3, 0.4) is 0 Å². The van der Waals surface area contributed by atoms with Crippen molar-refractivity contribution < 1.29 is 4.52 Å². The van der Waals surface area contributed by atoms with Crippen LogP contribution >= 0.6 is 0 Å². The van der Waals surface area contributed by atoms with Crippen molar-refractivity contribution in [1.82, 2.24) is 15.1 Å². The van der Waals surface area contributed by atoms with Crippen molar-refractivity contribution in [2.75, 3.05) is 0 Å². The maximum Gasteiger partial charge on any atom is 0.243 e. The van der Waals surface area contributed by atoms with Crippen molar-refractivity contribution >= 4 is 0 Å². The maximum atomic E-state index is 5.61. The third-order valence-electron chi connectivity index (χ3n) is 1.94. The van der Waals surface area contributed by atoms with Crippen LogP contribution in [-0.4, -0.2) is 15.1 Å². The van der Waals surface area contributed by atoms with E-state index in [0.29, 0.717) is 18.1 Å². The predicted octanol–water partition coefficient (Wildman–Crippen LogP) is 1.08. The van der Waals surface area contributed by atoms with Crippen molar-refractivity contribution in [2.24, 2.45) is 5.73 Å². The van der Waals surface area contributed by atoms with Gasteiger partial charge in [0.25, 0.3) is 0 Å². The lowest BCUT2D eigenvalue weighted by Crippen LogP contribution is -2.05. The lowest BCUT2D eigenvalue weighted by atomic mass is 10.2. The van der Waals surface area contributed by atoms with E-state index in [-0.39, 0.29) is 6.04 Å². The van der Waals surface area contributed by atoms with Crippen LogP contribution in [0.15, 0.2) is 28.9 Å². The lowest BCUT2D eigenvalue weighted by molar-refractivity contribution is 0.357. The van der Waals surface area contributed by atoms with Crippen molar-refractivity contribution in [3.05, 3.63) is 41.8 Å². The van der Waals surface area contributed by atoms with Gasteiger partial charge in [-0.05, 0) is 19.1 Å². The van der Waals surface area contributed by atoms with Crippen LogP contribution in [0.2, 0.25) is 0 Å². The topological polar surface area (TPSA) is 77.8 Å². The molecule has 0 aromatic carbocycles. The minimum Gasteiger partial charge on any atom is -0.338 e. The summed E-state index contributed by atoms with van der Waals surface area (Å²) >= 11 is 0. The second-order valence-corrected chi connectivity index (χ2v) is 3.34. The van der Waals surface area contributed by atoms with Crippen molar-refractivity contribution in [1.29, 1.82) is 0 Å². The van der Waals surface area contributed by atoms with Gasteiger partial charge >= 0.3 is 0 Å². The molecule has 5 heteroatoms. The first-order valence-corrected chi connectivity index (χ1v) is 4.73. The molecule has 2 heterocycles. The van der Waals surface area contributed by atoms with Gasteiger partial charge in [0.05, 0.1) is 12.5 Å². The molecule has 2 aromatic heterocycles. The predicted molar refractivity (Wildman–Crippen MR) is 53.9 cm³/mol. The number of hydrogen-bond donors (Lipinski definition) is 1. The molecular formula is C10H12N4O. The van der Waals surface area contributed by atoms with Crippen LogP contribution in [0, 0.1) is 0 Å². The first kappa shape index (κ1) is 9.79. The van der Waals surface area contributed by atoms with E-state index in [9.17, 15) is 0 Å². The summed E-state index contributed by atoms with van der Waals surface area (Å²) < 4.78 is 4.98. The number of pyridine rings is 1. The Labute approximate surface area is 87.3 Å². The minimum atomic E-state index is -0.227. The molecule has 78 valence electrons. The van der Waals surface area contributed by atoms with E-state index in [4.69, 9.17) is 10.3 Å². The third-order valence-corrected chi connectivity index (χ3v) is 1.94. The van der Waals surface area contributed by atoms with Gasteiger partial charge in [-0.25, -0.2) is 0 Å². The summed E-state index contributed by atoms with van der Waals surface area (Å²) in [4.78, 5) is 8.34. The number of hydrogen-bond acceptors (Lipinski definition) is 5. The fraction of sp³-hybridized carbons (Fsp3) is 0.300. The molecular weight excluding hydrogens is 192 g/mol. The molecule has 0 aliphatic carbocycles. The highest BCUT2D eigenvalue weighted by Crippen LogP contribution is 2.08. The van der Waals surface area contributed by atoms with Gasteiger partial charge in [0, 0.05) is 11.9 Å². The summed E-state index contributed by atoms with van der Waals surface area (Å²) in [5.41, 5.74) is 6.52. The maximum absolute atomic E-state index is 5.61. The highest BCUT2D eigenvalue weighted by Gasteiger charge is 2.10. The Bertz CT molecular complexity index is 424. The Balaban J connectivity index is 2.12. The number of nitrogens with zero attached hydrogens (tertiary/aromatic N) is 3. The summed E-state index contributed by atoms with van der Waals surface area (Å²) in [5, 5.41) is 3.83. The molecule has 1 atom stereocenters. The molecule has 0 aliphatic rings. The second kappa shape index (κ2) is 4.18. The molecule has 5 nitrogen and oxygen atoms in total. The molecule has 15 heavy (non-hydrogen) atoms. The van der Waals surface area contributed by atoms with Crippen molar-refractivity contribution in [2.45, 2.75) is 19.4 Å². The van der Waals surface area contributed by atoms with Gasteiger partial charge in [0.1, 0.15) is 0 Å². The standard InChI is InChI=1S/C10H12N4O/c1-7(11)10-13-9(14-15-10)6-8-4-2-3-5-12-8/h2-5,7H,6,11H2,1H3. The lowest BCUT2D eigenvalue weighted by Gasteiger charge is -1.94. The minimum absolute atomic E-state index is 0.227. The average Bonchev–Trinajstić information content (AvgIpc) is 2.68. The zero-order chi connectivity index (χ0) is 10.7. The Morgan fingerprint density at radius 3 is 2.93 bits per heavy atom. The molecule has 0 saturated heterocycles. The van der Waals surface area contributed by atoms with Crippen LogP contribution in [0.4, 0.5) is 0 Å². The number of rotatable bonds is 3. The fourth-order valence-electron chi connectivity index (χ4n) is 1.19.